The molecule has 0 radical (unpaired) electrons. The number of carbonyl (C=O) groups is 2. The summed E-state index contributed by atoms with van der Waals surface area (Å²) in [5.74, 6) is -0.745. The van der Waals surface area contributed by atoms with Crippen molar-refractivity contribution in [1.82, 2.24) is 35.6 Å². The van der Waals surface area contributed by atoms with Gasteiger partial charge in [0.1, 0.15) is 22.8 Å². The van der Waals surface area contributed by atoms with Gasteiger partial charge < -0.3 is 20.7 Å². The summed E-state index contributed by atoms with van der Waals surface area (Å²) in [6.45, 7) is 7.64. The molecule has 2 aliphatic rings. The lowest BCUT2D eigenvalue weighted by atomic mass is 9.91. The van der Waals surface area contributed by atoms with Crippen LogP contribution >= 0.6 is 0 Å². The average molecular weight is 654 g/mol. The van der Waals surface area contributed by atoms with E-state index in [-0.39, 0.29) is 29.4 Å². The Kier molecular flexibility index (Phi) is 10.5. The molecule has 0 unspecified atom stereocenters. The molecule has 0 bridgehead atoms. The smallest absolute Gasteiger partial charge is 0.271 e. The summed E-state index contributed by atoms with van der Waals surface area (Å²) >= 11 is 0. The quantitative estimate of drug-likeness (QED) is 0.218. The van der Waals surface area contributed by atoms with Crippen molar-refractivity contribution in [2.24, 2.45) is 7.05 Å². The molecule has 2 aromatic heterocycles. The molecule has 1 saturated carbocycles. The van der Waals surface area contributed by atoms with Crippen molar-refractivity contribution >= 4 is 11.8 Å². The third kappa shape index (κ3) is 8.64. The molecule has 48 heavy (non-hydrogen) atoms. The maximum absolute atomic E-state index is 14.3. The van der Waals surface area contributed by atoms with E-state index < -0.39 is 11.7 Å². The zero-order valence-corrected chi connectivity index (χ0v) is 27.8. The Bertz CT molecular complexity index is 1710. The largest absolute Gasteiger partial charge is 0.438 e. The van der Waals surface area contributed by atoms with Gasteiger partial charge in [0.15, 0.2) is 0 Å². The topological polar surface area (TPSA) is 113 Å². The fourth-order valence-electron chi connectivity index (χ4n) is 6.74. The minimum absolute atomic E-state index is 0.00367. The Morgan fingerprint density at radius 2 is 1.60 bits per heavy atom. The van der Waals surface area contributed by atoms with Gasteiger partial charge in [-0.05, 0) is 86.9 Å². The fourth-order valence-corrected chi connectivity index (χ4v) is 6.74. The van der Waals surface area contributed by atoms with Gasteiger partial charge in [-0.1, -0.05) is 36.4 Å². The third-order valence-electron chi connectivity index (χ3n) is 9.09. The highest BCUT2D eigenvalue weighted by atomic mass is 19.1. The maximum atomic E-state index is 14.3. The zero-order valence-electron chi connectivity index (χ0n) is 27.8. The lowest BCUT2D eigenvalue weighted by molar-refractivity contribution is 0.0887. The minimum atomic E-state index is -0.622. The number of amides is 2. The van der Waals surface area contributed by atoms with Gasteiger partial charge >= 0.3 is 0 Å². The Balaban J connectivity index is 1.04. The number of nitrogens with zero attached hydrogens (tertiary/aromatic N) is 4. The van der Waals surface area contributed by atoms with Crippen LogP contribution in [0.2, 0.25) is 0 Å². The summed E-state index contributed by atoms with van der Waals surface area (Å²) in [4.78, 5) is 32.5. The summed E-state index contributed by atoms with van der Waals surface area (Å²) in [5, 5.41) is 13.8. The summed E-state index contributed by atoms with van der Waals surface area (Å²) in [6, 6.07) is 19.9. The highest BCUT2D eigenvalue weighted by Crippen LogP contribution is 2.29. The lowest BCUT2D eigenvalue weighted by Crippen LogP contribution is -2.54. The van der Waals surface area contributed by atoms with E-state index in [4.69, 9.17) is 4.74 Å². The molecule has 1 aliphatic heterocycles. The predicted octanol–water partition coefficient (Wildman–Crippen LogP) is 5.11. The molecule has 2 aromatic carbocycles. The molecule has 252 valence electrons. The second-order valence-corrected chi connectivity index (χ2v) is 13.2. The number of nitrogens with one attached hydrogen (secondary N) is 3. The van der Waals surface area contributed by atoms with Crippen LogP contribution in [0, 0.1) is 5.82 Å². The number of benzene rings is 2. The fraction of sp³-hybridized carbons (Fsp3) is 0.405. The summed E-state index contributed by atoms with van der Waals surface area (Å²) < 4.78 is 22.0. The van der Waals surface area contributed by atoms with Gasteiger partial charge in [-0.15, -0.1) is 0 Å². The average Bonchev–Trinajstić information content (AvgIpc) is 3.52. The second-order valence-electron chi connectivity index (χ2n) is 13.2. The Morgan fingerprint density at radius 3 is 2.27 bits per heavy atom. The van der Waals surface area contributed by atoms with E-state index in [2.05, 4.69) is 69.0 Å². The van der Waals surface area contributed by atoms with E-state index in [0.717, 1.165) is 49.4 Å². The van der Waals surface area contributed by atoms with Crippen LogP contribution in [0.4, 0.5) is 4.39 Å². The van der Waals surface area contributed by atoms with Crippen molar-refractivity contribution in [2.45, 2.75) is 70.1 Å². The monoisotopic (exact) mass is 653 g/mol. The van der Waals surface area contributed by atoms with Crippen molar-refractivity contribution in [2.75, 3.05) is 19.6 Å². The number of aromatic nitrogens is 3. The van der Waals surface area contributed by atoms with Crippen LogP contribution in [0.15, 0.2) is 73.1 Å². The molecule has 10 nitrogen and oxygen atoms in total. The van der Waals surface area contributed by atoms with Crippen LogP contribution in [0.25, 0.3) is 11.1 Å². The van der Waals surface area contributed by atoms with Crippen LogP contribution in [0.1, 0.15) is 65.9 Å². The second kappa shape index (κ2) is 15.1. The first kappa shape index (κ1) is 33.3. The molecule has 3 N–H and O–H groups in total. The molecular formula is C37H44FN7O3. The number of ether oxygens (including phenoxy) is 1. The molecule has 11 heteroatoms. The van der Waals surface area contributed by atoms with E-state index in [1.54, 1.807) is 30.1 Å². The highest BCUT2D eigenvalue weighted by molar-refractivity contribution is 5.96. The number of hydrogen-bond acceptors (Lipinski definition) is 7. The normalized spacial score (nSPS) is 21.4. The van der Waals surface area contributed by atoms with Crippen molar-refractivity contribution in [3.8, 4) is 22.8 Å². The molecule has 1 aliphatic carbocycles. The number of rotatable bonds is 10. The maximum Gasteiger partial charge on any atom is 0.271 e. The van der Waals surface area contributed by atoms with Gasteiger partial charge in [-0.25, -0.2) is 9.37 Å². The van der Waals surface area contributed by atoms with Crippen LogP contribution in [-0.2, 0) is 13.5 Å². The van der Waals surface area contributed by atoms with Crippen LogP contribution in [0.5, 0.6) is 11.6 Å². The molecular weight excluding hydrogens is 609 g/mol. The Labute approximate surface area is 281 Å². The Hall–Kier alpha value is -4.61. The first-order valence-electron chi connectivity index (χ1n) is 16.8. The van der Waals surface area contributed by atoms with Gasteiger partial charge in [-0.2, -0.15) is 5.10 Å². The highest BCUT2D eigenvalue weighted by Gasteiger charge is 2.26. The molecule has 4 aromatic rings. The minimum Gasteiger partial charge on any atom is -0.438 e. The van der Waals surface area contributed by atoms with Gasteiger partial charge in [0.2, 0.25) is 5.88 Å². The molecule has 0 spiro atoms. The van der Waals surface area contributed by atoms with Crippen molar-refractivity contribution in [1.29, 1.82) is 0 Å². The van der Waals surface area contributed by atoms with E-state index in [1.807, 2.05) is 18.2 Å². The van der Waals surface area contributed by atoms with E-state index in [1.165, 1.54) is 5.56 Å². The zero-order chi connectivity index (χ0) is 33.6. The predicted molar refractivity (Wildman–Crippen MR) is 183 cm³/mol. The molecule has 2 amide bonds. The van der Waals surface area contributed by atoms with E-state index in [9.17, 15) is 14.0 Å². The van der Waals surface area contributed by atoms with Crippen LogP contribution < -0.4 is 20.7 Å². The molecule has 1 saturated heterocycles. The van der Waals surface area contributed by atoms with Crippen molar-refractivity contribution < 1.29 is 18.7 Å². The summed E-state index contributed by atoms with van der Waals surface area (Å²) in [5.41, 5.74) is 3.71. The molecule has 3 heterocycles. The number of halogens is 1. The van der Waals surface area contributed by atoms with Crippen molar-refractivity contribution in [3.05, 3.63) is 95.7 Å². The summed E-state index contributed by atoms with van der Waals surface area (Å²) in [6.07, 6.45) is 6.53. The Morgan fingerprint density at radius 1 is 0.917 bits per heavy atom. The number of aryl methyl sites for hydroxylation is 1. The van der Waals surface area contributed by atoms with Gasteiger partial charge in [0, 0.05) is 57.0 Å². The number of carbonyl (C=O) groups excluding carboxylic acids is 2. The van der Waals surface area contributed by atoms with E-state index in [0.29, 0.717) is 49.2 Å². The molecule has 2 fully saturated rings. The van der Waals surface area contributed by atoms with E-state index >= 15 is 0 Å². The molecule has 2 atom stereocenters. The van der Waals surface area contributed by atoms with Gasteiger partial charge in [0.25, 0.3) is 11.8 Å². The standard InChI is InChI=1S/C37H44FN7O3/c1-24-22-45(23-25(2)40-24)18-15-26-7-9-27(10-8-26)28-5-4-6-32(19-28)48-37-33(20-29(38)21-39-37)35(46)41-30-11-13-31(14-12-30)42-36(47)34-16-17-44(3)43-34/h4-10,16-17,19-21,24-25,30-31,40H,11-15,18,22-23H2,1-3H3,(H,41,46)(H,42,47)/t24-,25+,30-,31+. The summed E-state index contributed by atoms with van der Waals surface area (Å²) in [7, 11) is 1.77. The van der Waals surface area contributed by atoms with Crippen LogP contribution in [0.3, 0.4) is 0 Å². The first-order valence-corrected chi connectivity index (χ1v) is 16.8. The SMILES string of the molecule is C[C@@H]1CN(CCc2ccc(-c3cccc(Oc4ncc(F)cc4C(=O)N[C@H]4CC[C@@H](NC(=O)c5ccn(C)n5)CC4)c3)cc2)C[C@H](C)N1. The number of hydrogen-bond donors (Lipinski definition) is 3. The van der Waals surface area contributed by atoms with Gasteiger partial charge in [-0.3, -0.25) is 19.2 Å². The third-order valence-corrected chi connectivity index (χ3v) is 9.09. The lowest BCUT2D eigenvalue weighted by Gasteiger charge is -2.36. The van der Waals surface area contributed by atoms with Crippen molar-refractivity contribution in [3.63, 3.8) is 0 Å². The van der Waals surface area contributed by atoms with Crippen LogP contribution in [-0.4, -0.2) is 75.3 Å². The van der Waals surface area contributed by atoms with Gasteiger partial charge in [0.05, 0.1) is 6.20 Å². The first-order chi connectivity index (χ1) is 23.2. The number of pyridine rings is 1. The molecule has 6 rings (SSSR count). The number of piperazine rings is 1.